The molecule has 0 aliphatic rings. The molecule has 0 radical (unpaired) electrons. The maximum Gasteiger partial charge on any atom is 0.285 e. The molecular weight excluding hydrogens is 560 g/mol. The first-order chi connectivity index (χ1) is 20.3. The highest BCUT2D eigenvalue weighted by atomic mass is 16.6. The molecule has 0 fully saturated rings. The molecular formula is C30H26N4O9. The molecule has 4 rings (SSSR count). The second-order valence-electron chi connectivity index (χ2n) is 9.95. The van der Waals surface area contributed by atoms with E-state index in [2.05, 4.69) is 0 Å². The molecule has 0 amide bonds. The van der Waals surface area contributed by atoms with Crippen molar-refractivity contribution in [3.8, 4) is 0 Å². The number of ether oxygens (including phenoxy) is 1. The summed E-state index contributed by atoms with van der Waals surface area (Å²) in [7, 11) is 0. The van der Waals surface area contributed by atoms with Gasteiger partial charge in [0.1, 0.15) is 23.3 Å². The van der Waals surface area contributed by atoms with E-state index in [1.165, 1.54) is 39.8 Å². The van der Waals surface area contributed by atoms with Crippen LogP contribution in [0.4, 0.5) is 22.7 Å². The van der Waals surface area contributed by atoms with Crippen LogP contribution < -0.4 is 0 Å². The normalized spacial score (nSPS) is 12.4. The molecule has 0 bridgehead atoms. The van der Waals surface area contributed by atoms with Crippen LogP contribution in [-0.4, -0.2) is 19.7 Å². The van der Waals surface area contributed by atoms with Crippen LogP contribution in [0.5, 0.6) is 0 Å². The summed E-state index contributed by atoms with van der Waals surface area (Å²) in [5.74, 6) is 0. The summed E-state index contributed by atoms with van der Waals surface area (Å²) < 4.78 is 6.53. The van der Waals surface area contributed by atoms with Crippen LogP contribution in [0.1, 0.15) is 56.7 Å². The zero-order valence-corrected chi connectivity index (χ0v) is 23.5. The summed E-state index contributed by atoms with van der Waals surface area (Å²) in [6, 6.07) is 18.3. The van der Waals surface area contributed by atoms with Crippen molar-refractivity contribution < 1.29 is 24.4 Å². The van der Waals surface area contributed by atoms with Crippen molar-refractivity contribution in [2.45, 2.75) is 39.9 Å². The van der Waals surface area contributed by atoms with E-state index < -0.39 is 54.7 Å². The molecule has 2 unspecified atom stereocenters. The van der Waals surface area contributed by atoms with Crippen molar-refractivity contribution in [3.05, 3.63) is 158 Å². The van der Waals surface area contributed by atoms with Crippen molar-refractivity contribution >= 4 is 22.7 Å². The lowest BCUT2D eigenvalue weighted by molar-refractivity contribution is -0.398. The Hall–Kier alpha value is -5.56. The molecule has 0 spiro atoms. The number of hydrogen-bond acceptors (Lipinski definition) is 9. The molecule has 0 N–H and O–H groups in total. The van der Waals surface area contributed by atoms with Gasteiger partial charge in [0, 0.05) is 23.3 Å². The zero-order valence-electron chi connectivity index (χ0n) is 23.5. The fourth-order valence-corrected chi connectivity index (χ4v) is 5.11. The van der Waals surface area contributed by atoms with Gasteiger partial charge < -0.3 is 4.74 Å². The molecule has 0 aliphatic carbocycles. The van der Waals surface area contributed by atoms with Gasteiger partial charge in [0.2, 0.25) is 0 Å². The lowest BCUT2D eigenvalue weighted by atomic mass is 9.91. The Bertz CT molecular complexity index is 1630. The summed E-state index contributed by atoms with van der Waals surface area (Å²) in [6.07, 6.45) is -3.10. The molecule has 13 heteroatoms. The van der Waals surface area contributed by atoms with Crippen LogP contribution in [0.25, 0.3) is 0 Å². The minimum absolute atomic E-state index is 0.162. The van der Waals surface area contributed by atoms with Gasteiger partial charge in [-0.2, -0.15) is 0 Å². The number of aryl methyl sites for hydroxylation is 2. The van der Waals surface area contributed by atoms with Gasteiger partial charge in [-0.1, -0.05) is 60.7 Å². The standard InChI is InChI=1S/C30H26N4O9/c1-17-15-23(31(35)36)25(27(19(17)3)33(39)40)29(21-11-7-5-8-12-21)43-30(22-13-9-6-10-14-22)26-24(32(37)38)16-18(2)20(4)28(26)34(41)42/h5-16,29-30H,1-4H3. The third-order valence-electron chi connectivity index (χ3n) is 7.42. The van der Waals surface area contributed by atoms with Crippen LogP contribution in [-0.2, 0) is 4.74 Å². The fraction of sp³-hybridized carbons (Fsp3) is 0.200. The number of nitro benzene ring substituents is 4. The summed E-state index contributed by atoms with van der Waals surface area (Å²) in [4.78, 5) is 46.6. The fourth-order valence-electron chi connectivity index (χ4n) is 5.11. The number of benzene rings is 4. The van der Waals surface area contributed by atoms with E-state index in [0.29, 0.717) is 11.1 Å². The van der Waals surface area contributed by atoms with Crippen LogP contribution in [0.15, 0.2) is 72.8 Å². The monoisotopic (exact) mass is 586 g/mol. The summed E-state index contributed by atoms with van der Waals surface area (Å²) in [5.41, 5.74) is -1.66. The number of nitro groups is 4. The SMILES string of the molecule is Cc1cc([N+](=O)[O-])c(C(OC(c2ccccc2)c2c([N+](=O)[O-])cc(C)c(C)c2[N+](=O)[O-])c2ccccc2)c([N+](=O)[O-])c1C. The molecule has 220 valence electrons. The molecule has 0 heterocycles. The molecule has 13 nitrogen and oxygen atoms in total. The highest BCUT2D eigenvalue weighted by Gasteiger charge is 2.42. The van der Waals surface area contributed by atoms with Gasteiger partial charge in [-0.25, -0.2) is 0 Å². The minimum Gasteiger partial charge on any atom is -0.355 e. The van der Waals surface area contributed by atoms with E-state index >= 15 is 0 Å². The Morgan fingerprint density at radius 3 is 1.14 bits per heavy atom. The van der Waals surface area contributed by atoms with Crippen molar-refractivity contribution in [2.24, 2.45) is 0 Å². The highest BCUT2D eigenvalue weighted by molar-refractivity contribution is 5.65. The third kappa shape index (κ3) is 5.78. The van der Waals surface area contributed by atoms with Gasteiger partial charge >= 0.3 is 0 Å². The zero-order chi connectivity index (χ0) is 31.6. The van der Waals surface area contributed by atoms with Crippen LogP contribution in [0.3, 0.4) is 0 Å². The number of rotatable bonds is 10. The predicted octanol–water partition coefficient (Wildman–Crippen LogP) is 7.45. The van der Waals surface area contributed by atoms with Crippen molar-refractivity contribution in [1.29, 1.82) is 0 Å². The van der Waals surface area contributed by atoms with Gasteiger partial charge in [0.15, 0.2) is 0 Å². The molecule has 0 saturated heterocycles. The van der Waals surface area contributed by atoms with Gasteiger partial charge in [0.25, 0.3) is 22.7 Å². The van der Waals surface area contributed by atoms with Crippen molar-refractivity contribution in [1.82, 2.24) is 0 Å². The summed E-state index contributed by atoms with van der Waals surface area (Å²) in [5, 5.41) is 49.6. The Balaban J connectivity index is 2.16. The average Bonchev–Trinajstić information content (AvgIpc) is 2.96. The maximum atomic E-state index is 12.4. The average molecular weight is 587 g/mol. The largest absolute Gasteiger partial charge is 0.355 e. The Kier molecular flexibility index (Phi) is 8.57. The minimum atomic E-state index is -1.55. The summed E-state index contributed by atoms with van der Waals surface area (Å²) >= 11 is 0. The maximum absolute atomic E-state index is 12.4. The molecule has 43 heavy (non-hydrogen) atoms. The third-order valence-corrected chi connectivity index (χ3v) is 7.42. The van der Waals surface area contributed by atoms with Crippen LogP contribution >= 0.6 is 0 Å². The predicted molar refractivity (Wildman–Crippen MR) is 156 cm³/mol. The van der Waals surface area contributed by atoms with Gasteiger partial charge in [-0.3, -0.25) is 40.5 Å². The van der Waals surface area contributed by atoms with E-state index in [1.807, 2.05) is 0 Å². The van der Waals surface area contributed by atoms with Gasteiger partial charge in [0.05, 0.1) is 19.7 Å². The van der Waals surface area contributed by atoms with E-state index in [9.17, 15) is 40.5 Å². The Morgan fingerprint density at radius 1 is 0.535 bits per heavy atom. The van der Waals surface area contributed by atoms with E-state index in [4.69, 9.17) is 4.74 Å². The summed E-state index contributed by atoms with van der Waals surface area (Å²) in [6.45, 7) is 5.92. The smallest absolute Gasteiger partial charge is 0.285 e. The van der Waals surface area contributed by atoms with Gasteiger partial charge in [-0.05, 0) is 49.9 Å². The first kappa shape index (κ1) is 30.4. The Labute approximate surface area is 245 Å². The number of nitrogens with zero attached hydrogens (tertiary/aromatic N) is 4. The molecule has 4 aromatic rings. The molecule has 2 atom stereocenters. The highest BCUT2D eigenvalue weighted by Crippen LogP contribution is 2.49. The Morgan fingerprint density at radius 2 is 0.860 bits per heavy atom. The van der Waals surface area contributed by atoms with E-state index in [1.54, 1.807) is 60.7 Å². The van der Waals surface area contributed by atoms with Crippen molar-refractivity contribution in [2.75, 3.05) is 0 Å². The first-order valence-corrected chi connectivity index (χ1v) is 13.0. The molecule has 0 saturated carbocycles. The van der Waals surface area contributed by atoms with Gasteiger partial charge in [-0.15, -0.1) is 0 Å². The topological polar surface area (TPSA) is 182 Å². The first-order valence-electron chi connectivity index (χ1n) is 13.0. The van der Waals surface area contributed by atoms with E-state index in [-0.39, 0.29) is 33.4 Å². The second-order valence-corrected chi connectivity index (χ2v) is 9.95. The van der Waals surface area contributed by atoms with Crippen LogP contribution in [0.2, 0.25) is 0 Å². The van der Waals surface area contributed by atoms with Crippen LogP contribution in [0, 0.1) is 68.2 Å². The molecule has 0 aliphatic heterocycles. The molecule has 4 aromatic carbocycles. The lowest BCUT2D eigenvalue weighted by Crippen LogP contribution is -2.19. The number of hydrogen-bond donors (Lipinski definition) is 0. The van der Waals surface area contributed by atoms with E-state index in [0.717, 1.165) is 0 Å². The second kappa shape index (κ2) is 12.1. The molecule has 0 aromatic heterocycles. The lowest BCUT2D eigenvalue weighted by Gasteiger charge is -2.27. The quantitative estimate of drug-likeness (QED) is 0.134. The van der Waals surface area contributed by atoms with Crippen molar-refractivity contribution in [3.63, 3.8) is 0 Å².